The van der Waals surface area contributed by atoms with Gasteiger partial charge in [-0.05, 0) is 12.8 Å². The number of nitrogens with zero attached hydrogens (tertiary/aromatic N) is 4. The van der Waals surface area contributed by atoms with Gasteiger partial charge < -0.3 is 19.7 Å². The van der Waals surface area contributed by atoms with Crippen molar-refractivity contribution in [3.05, 3.63) is 12.7 Å². The molecule has 0 aliphatic carbocycles. The first-order valence-electron chi connectivity index (χ1n) is 7.50. The van der Waals surface area contributed by atoms with Gasteiger partial charge >= 0.3 is 0 Å². The van der Waals surface area contributed by atoms with Crippen LogP contribution in [-0.2, 0) is 11.3 Å². The fourth-order valence-corrected chi connectivity index (χ4v) is 3.02. The molecule has 21 heavy (non-hydrogen) atoms. The maximum Gasteiger partial charge on any atom is 0.224 e. The summed E-state index contributed by atoms with van der Waals surface area (Å²) in [6.07, 6.45) is 5.22. The van der Waals surface area contributed by atoms with E-state index in [0.29, 0.717) is 32.5 Å². The van der Waals surface area contributed by atoms with Crippen molar-refractivity contribution in [3.8, 4) is 0 Å². The highest BCUT2D eigenvalue weighted by Gasteiger charge is 2.42. The van der Waals surface area contributed by atoms with Crippen molar-refractivity contribution in [1.82, 2.24) is 19.7 Å². The highest BCUT2D eigenvalue weighted by atomic mass is 16.3. The summed E-state index contributed by atoms with van der Waals surface area (Å²) in [5.41, 5.74) is -0.445. The molecule has 2 rings (SSSR count). The van der Waals surface area contributed by atoms with Crippen LogP contribution in [0.1, 0.15) is 32.6 Å². The predicted octanol–water partition coefficient (Wildman–Crippen LogP) is 0.0402. The van der Waals surface area contributed by atoms with Crippen LogP contribution in [0.25, 0.3) is 0 Å². The SMILES string of the molecule is CCC[C@]1(CO)CCN(C(=O)CCn2cnnc2)C[C@@H]1O. The number of aryl methyl sites for hydroxylation is 1. The Morgan fingerprint density at radius 3 is 2.71 bits per heavy atom. The molecule has 0 saturated carbocycles. The van der Waals surface area contributed by atoms with Crippen molar-refractivity contribution in [2.75, 3.05) is 19.7 Å². The molecular formula is C14H24N4O3. The molecule has 1 amide bonds. The Hall–Kier alpha value is -1.47. The second kappa shape index (κ2) is 7.00. The lowest BCUT2D eigenvalue weighted by Gasteiger charge is -2.44. The third-order valence-electron chi connectivity index (χ3n) is 4.45. The van der Waals surface area contributed by atoms with Crippen molar-refractivity contribution >= 4 is 5.91 Å². The van der Waals surface area contributed by atoms with E-state index in [1.165, 1.54) is 0 Å². The summed E-state index contributed by atoms with van der Waals surface area (Å²) in [5.74, 6) is 0.0192. The average Bonchev–Trinajstić information content (AvgIpc) is 3.00. The molecule has 2 N–H and O–H groups in total. The summed E-state index contributed by atoms with van der Waals surface area (Å²) in [6.45, 7) is 3.46. The van der Waals surface area contributed by atoms with Crippen LogP contribution >= 0.6 is 0 Å². The molecule has 1 fully saturated rings. The summed E-state index contributed by atoms with van der Waals surface area (Å²) in [6, 6.07) is 0. The Morgan fingerprint density at radius 1 is 1.43 bits per heavy atom. The van der Waals surface area contributed by atoms with Crippen molar-refractivity contribution in [3.63, 3.8) is 0 Å². The van der Waals surface area contributed by atoms with E-state index in [4.69, 9.17) is 0 Å². The first kappa shape index (κ1) is 15.9. The highest BCUT2D eigenvalue weighted by Crippen LogP contribution is 2.36. The van der Waals surface area contributed by atoms with E-state index in [2.05, 4.69) is 10.2 Å². The summed E-state index contributed by atoms with van der Waals surface area (Å²) < 4.78 is 1.76. The summed E-state index contributed by atoms with van der Waals surface area (Å²) in [4.78, 5) is 13.9. The standard InChI is InChI=1S/C14H24N4O3/c1-2-4-14(9-19)5-7-18(8-12(14)20)13(21)3-6-17-10-15-16-11-17/h10-12,19-20H,2-9H2,1H3/t12-,14+/m0/s1. The number of carbonyl (C=O) groups excluding carboxylic acids is 1. The van der Waals surface area contributed by atoms with Gasteiger partial charge in [0, 0.05) is 31.5 Å². The Bertz CT molecular complexity index is 451. The lowest BCUT2D eigenvalue weighted by Crippen LogP contribution is -2.54. The van der Waals surface area contributed by atoms with Crippen molar-refractivity contribution in [2.24, 2.45) is 5.41 Å². The van der Waals surface area contributed by atoms with E-state index in [1.54, 1.807) is 22.1 Å². The number of amides is 1. The lowest BCUT2D eigenvalue weighted by atomic mass is 9.73. The Labute approximate surface area is 124 Å². The van der Waals surface area contributed by atoms with Crippen LogP contribution in [-0.4, -0.2) is 61.6 Å². The van der Waals surface area contributed by atoms with E-state index < -0.39 is 11.5 Å². The van der Waals surface area contributed by atoms with Crippen molar-refractivity contribution in [2.45, 2.75) is 45.3 Å². The Kier molecular flexibility index (Phi) is 5.30. The van der Waals surface area contributed by atoms with Crippen molar-refractivity contribution < 1.29 is 15.0 Å². The van der Waals surface area contributed by atoms with E-state index >= 15 is 0 Å². The van der Waals surface area contributed by atoms with E-state index in [9.17, 15) is 15.0 Å². The first-order valence-corrected chi connectivity index (χ1v) is 7.50. The largest absolute Gasteiger partial charge is 0.396 e. The second-order valence-electron chi connectivity index (χ2n) is 5.83. The minimum absolute atomic E-state index is 0.0192. The van der Waals surface area contributed by atoms with Crippen LogP contribution in [0.5, 0.6) is 0 Å². The van der Waals surface area contributed by atoms with Gasteiger partial charge in [0.15, 0.2) is 0 Å². The molecule has 0 spiro atoms. The van der Waals surface area contributed by atoms with Gasteiger partial charge in [0.25, 0.3) is 0 Å². The molecule has 7 heteroatoms. The molecule has 0 unspecified atom stereocenters. The predicted molar refractivity (Wildman–Crippen MR) is 76.3 cm³/mol. The quantitative estimate of drug-likeness (QED) is 0.773. The average molecular weight is 296 g/mol. The summed E-state index contributed by atoms with van der Waals surface area (Å²) in [7, 11) is 0. The maximum atomic E-state index is 12.2. The topological polar surface area (TPSA) is 91.5 Å². The molecule has 1 aliphatic rings. The molecule has 2 heterocycles. The van der Waals surface area contributed by atoms with E-state index in [0.717, 1.165) is 12.8 Å². The molecule has 0 aromatic carbocycles. The number of aliphatic hydroxyl groups excluding tert-OH is 2. The van der Waals surface area contributed by atoms with Gasteiger partial charge in [-0.25, -0.2) is 0 Å². The van der Waals surface area contributed by atoms with Gasteiger partial charge in [0.2, 0.25) is 5.91 Å². The second-order valence-corrected chi connectivity index (χ2v) is 5.83. The fourth-order valence-electron chi connectivity index (χ4n) is 3.02. The molecule has 1 saturated heterocycles. The Morgan fingerprint density at radius 2 is 2.14 bits per heavy atom. The zero-order valence-corrected chi connectivity index (χ0v) is 12.5. The first-order chi connectivity index (χ1) is 10.1. The molecule has 1 aromatic heterocycles. The van der Waals surface area contributed by atoms with Crippen LogP contribution in [0, 0.1) is 5.41 Å². The van der Waals surface area contributed by atoms with Crippen LogP contribution in [0.4, 0.5) is 0 Å². The third kappa shape index (κ3) is 3.59. The number of carbonyl (C=O) groups is 1. The van der Waals surface area contributed by atoms with Gasteiger partial charge in [0.1, 0.15) is 12.7 Å². The molecule has 1 aromatic rings. The molecule has 7 nitrogen and oxygen atoms in total. The minimum Gasteiger partial charge on any atom is -0.396 e. The summed E-state index contributed by atoms with van der Waals surface area (Å²) >= 11 is 0. The molecule has 118 valence electrons. The number of β-amino-alcohol motifs (C(OH)–C–C–N with tert-alkyl or cyclic N) is 1. The molecular weight excluding hydrogens is 272 g/mol. The maximum absolute atomic E-state index is 12.2. The van der Waals surface area contributed by atoms with Gasteiger partial charge in [-0.1, -0.05) is 13.3 Å². The Balaban J connectivity index is 1.87. The normalized spacial score (nSPS) is 26.0. The number of piperidine rings is 1. The van der Waals surface area contributed by atoms with Gasteiger partial charge in [0.05, 0.1) is 12.7 Å². The minimum atomic E-state index is -0.657. The van der Waals surface area contributed by atoms with Crippen molar-refractivity contribution in [1.29, 1.82) is 0 Å². The number of aliphatic hydroxyl groups is 2. The van der Waals surface area contributed by atoms with Gasteiger partial charge in [-0.15, -0.1) is 10.2 Å². The third-order valence-corrected chi connectivity index (χ3v) is 4.45. The number of rotatable bonds is 6. The van der Waals surface area contributed by atoms with Crippen LogP contribution in [0.15, 0.2) is 12.7 Å². The zero-order valence-electron chi connectivity index (χ0n) is 12.5. The number of likely N-dealkylation sites (tertiary alicyclic amines) is 1. The number of hydrogen-bond acceptors (Lipinski definition) is 5. The molecule has 1 aliphatic heterocycles. The van der Waals surface area contributed by atoms with E-state index in [1.807, 2.05) is 6.92 Å². The number of hydrogen-bond donors (Lipinski definition) is 2. The lowest BCUT2D eigenvalue weighted by molar-refractivity contribution is -0.142. The fraction of sp³-hybridized carbons (Fsp3) is 0.786. The zero-order chi connectivity index (χ0) is 15.3. The monoisotopic (exact) mass is 296 g/mol. The summed E-state index contributed by atoms with van der Waals surface area (Å²) in [5, 5.41) is 27.3. The van der Waals surface area contributed by atoms with E-state index in [-0.39, 0.29) is 12.5 Å². The van der Waals surface area contributed by atoms with Gasteiger partial charge in [-0.2, -0.15) is 0 Å². The molecule has 2 atom stereocenters. The molecule has 0 bridgehead atoms. The van der Waals surface area contributed by atoms with Crippen LogP contribution in [0.3, 0.4) is 0 Å². The van der Waals surface area contributed by atoms with Gasteiger partial charge in [-0.3, -0.25) is 4.79 Å². The highest BCUT2D eigenvalue weighted by molar-refractivity contribution is 5.76. The number of aromatic nitrogens is 3. The van der Waals surface area contributed by atoms with Crippen LogP contribution in [0.2, 0.25) is 0 Å². The smallest absolute Gasteiger partial charge is 0.224 e. The molecule has 0 radical (unpaired) electrons. The van der Waals surface area contributed by atoms with Crippen LogP contribution < -0.4 is 0 Å².